The maximum Gasteiger partial charge on any atom is 0.330 e. The first-order chi connectivity index (χ1) is 15.7. The molecule has 0 saturated heterocycles. The van der Waals surface area contributed by atoms with E-state index in [9.17, 15) is 19.2 Å². The molecule has 1 heterocycles. The van der Waals surface area contributed by atoms with E-state index >= 15 is 0 Å². The number of amides is 3. The Morgan fingerprint density at radius 3 is 2.09 bits per heavy atom. The number of nitrogens with one attached hydrogen (secondary N) is 1. The van der Waals surface area contributed by atoms with Gasteiger partial charge in [0.1, 0.15) is 17.5 Å². The Balaban J connectivity index is 1.70. The summed E-state index contributed by atoms with van der Waals surface area (Å²) in [6, 6.07) is 8.09. The van der Waals surface area contributed by atoms with Gasteiger partial charge in [-0.3, -0.25) is 19.3 Å². The van der Waals surface area contributed by atoms with E-state index in [1.54, 1.807) is 26.0 Å². The molecular weight excluding hydrogens is 452 g/mol. The first-order valence-corrected chi connectivity index (χ1v) is 10.4. The molecule has 174 valence electrons. The Kier molecular flexibility index (Phi) is 7.23. The van der Waals surface area contributed by atoms with E-state index in [2.05, 4.69) is 5.32 Å². The Morgan fingerprint density at radius 1 is 1.00 bits per heavy atom. The van der Waals surface area contributed by atoms with Crippen LogP contribution in [0.2, 0.25) is 5.02 Å². The lowest BCUT2D eigenvalue weighted by molar-refractivity contribution is -0.152. The van der Waals surface area contributed by atoms with Crippen molar-refractivity contribution in [3.8, 4) is 11.5 Å². The number of imide groups is 1. The summed E-state index contributed by atoms with van der Waals surface area (Å²) < 4.78 is 15.5. The molecule has 1 atom stereocenters. The Morgan fingerprint density at radius 2 is 1.58 bits per heavy atom. The molecule has 1 aliphatic heterocycles. The van der Waals surface area contributed by atoms with Crippen LogP contribution >= 0.6 is 11.6 Å². The van der Waals surface area contributed by atoms with Gasteiger partial charge in [0, 0.05) is 6.07 Å². The minimum absolute atomic E-state index is 0.224. The molecule has 3 amide bonds. The number of rotatable bonds is 8. The molecule has 3 rings (SSSR count). The molecule has 0 fully saturated rings. The Labute approximate surface area is 195 Å². The van der Waals surface area contributed by atoms with Gasteiger partial charge in [0.05, 0.1) is 36.1 Å². The third-order valence-electron chi connectivity index (χ3n) is 5.07. The molecule has 0 aliphatic carbocycles. The fraction of sp³-hybridized carbons (Fsp3) is 0.304. The van der Waals surface area contributed by atoms with Crippen molar-refractivity contribution in [2.24, 2.45) is 5.92 Å². The van der Waals surface area contributed by atoms with Gasteiger partial charge in [-0.05, 0) is 24.1 Å². The first-order valence-electron chi connectivity index (χ1n) is 10.0. The zero-order valence-corrected chi connectivity index (χ0v) is 19.3. The predicted octanol–water partition coefficient (Wildman–Crippen LogP) is 3.16. The van der Waals surface area contributed by atoms with Gasteiger partial charge in [-0.1, -0.05) is 37.6 Å². The number of hydrogen-bond acceptors (Lipinski definition) is 7. The number of halogens is 1. The highest BCUT2D eigenvalue weighted by atomic mass is 35.5. The molecule has 0 spiro atoms. The fourth-order valence-corrected chi connectivity index (χ4v) is 3.74. The maximum absolute atomic E-state index is 12.8. The minimum Gasteiger partial charge on any atom is -0.495 e. The molecule has 33 heavy (non-hydrogen) atoms. The van der Waals surface area contributed by atoms with Crippen molar-refractivity contribution >= 4 is 41.0 Å². The van der Waals surface area contributed by atoms with Crippen LogP contribution in [0.25, 0.3) is 0 Å². The maximum atomic E-state index is 12.8. The number of carbonyl (C=O) groups is 4. The van der Waals surface area contributed by atoms with Crippen LogP contribution in [-0.4, -0.2) is 55.5 Å². The van der Waals surface area contributed by atoms with Gasteiger partial charge in [0.15, 0.2) is 6.61 Å². The average molecular weight is 475 g/mol. The summed E-state index contributed by atoms with van der Waals surface area (Å²) in [5.74, 6) is -2.47. The van der Waals surface area contributed by atoms with Gasteiger partial charge in [-0.25, -0.2) is 4.79 Å². The second-order valence-corrected chi connectivity index (χ2v) is 7.96. The van der Waals surface area contributed by atoms with Crippen molar-refractivity contribution in [3.63, 3.8) is 0 Å². The summed E-state index contributed by atoms with van der Waals surface area (Å²) in [6.07, 6.45) is 0. The quantitative estimate of drug-likeness (QED) is 0.462. The van der Waals surface area contributed by atoms with Crippen molar-refractivity contribution in [1.82, 2.24) is 4.90 Å². The molecular formula is C23H23ClN2O7. The number of methoxy groups -OCH3 is 2. The largest absolute Gasteiger partial charge is 0.495 e. The van der Waals surface area contributed by atoms with Crippen LogP contribution in [0, 0.1) is 5.92 Å². The Hall–Kier alpha value is -3.59. The van der Waals surface area contributed by atoms with E-state index < -0.39 is 42.3 Å². The van der Waals surface area contributed by atoms with Crippen LogP contribution in [0.4, 0.5) is 5.69 Å². The Bertz CT molecular complexity index is 1080. The summed E-state index contributed by atoms with van der Waals surface area (Å²) in [5, 5.41) is 2.80. The van der Waals surface area contributed by atoms with E-state index in [0.717, 1.165) is 4.90 Å². The molecule has 2 aromatic rings. The van der Waals surface area contributed by atoms with Gasteiger partial charge in [-0.15, -0.1) is 0 Å². The summed E-state index contributed by atoms with van der Waals surface area (Å²) in [6.45, 7) is 2.72. The normalized spacial score (nSPS) is 13.6. The molecule has 0 unspecified atom stereocenters. The predicted molar refractivity (Wildman–Crippen MR) is 120 cm³/mol. The summed E-state index contributed by atoms with van der Waals surface area (Å²) in [7, 11) is 2.85. The monoisotopic (exact) mass is 474 g/mol. The van der Waals surface area contributed by atoms with Gasteiger partial charge in [-0.2, -0.15) is 0 Å². The van der Waals surface area contributed by atoms with Crippen LogP contribution < -0.4 is 14.8 Å². The molecule has 1 N–H and O–H groups in total. The molecule has 0 saturated carbocycles. The lowest BCUT2D eigenvalue weighted by Crippen LogP contribution is -2.49. The highest BCUT2D eigenvalue weighted by molar-refractivity contribution is 6.32. The number of nitrogens with zero attached hydrogens (tertiary/aromatic N) is 1. The van der Waals surface area contributed by atoms with Crippen molar-refractivity contribution in [3.05, 3.63) is 52.5 Å². The molecule has 2 aromatic carbocycles. The molecule has 1 aliphatic rings. The van der Waals surface area contributed by atoms with Gasteiger partial charge < -0.3 is 19.5 Å². The molecule has 0 bridgehead atoms. The standard InChI is InChI=1S/C23H23ClN2O7/c1-12(2)20(26-21(28)13-7-5-6-8-14(13)22(26)29)23(30)33-11-19(27)25-16-9-15(24)17(31-3)10-18(16)32-4/h5-10,12,20H,11H2,1-4H3,(H,25,27)/t20-/m0/s1. The van der Waals surface area contributed by atoms with Crippen molar-refractivity contribution in [2.75, 3.05) is 26.1 Å². The number of anilines is 1. The van der Waals surface area contributed by atoms with Crippen LogP contribution in [0.3, 0.4) is 0 Å². The third-order valence-corrected chi connectivity index (χ3v) is 5.37. The van der Waals surface area contributed by atoms with Crippen LogP contribution in [0.1, 0.15) is 34.6 Å². The van der Waals surface area contributed by atoms with Crippen LogP contribution in [0.15, 0.2) is 36.4 Å². The number of benzene rings is 2. The SMILES string of the molecule is COc1cc(OC)c(NC(=O)COC(=O)[C@H](C(C)C)N2C(=O)c3ccccc3C2=O)cc1Cl. The summed E-state index contributed by atoms with van der Waals surface area (Å²) in [5.41, 5.74) is 0.703. The van der Waals surface area contributed by atoms with Gasteiger partial charge in [0.2, 0.25) is 0 Å². The van der Waals surface area contributed by atoms with Crippen molar-refractivity contribution < 1.29 is 33.4 Å². The van der Waals surface area contributed by atoms with E-state index in [0.29, 0.717) is 11.5 Å². The minimum atomic E-state index is -1.19. The fourth-order valence-electron chi connectivity index (χ4n) is 3.50. The highest BCUT2D eigenvalue weighted by Crippen LogP contribution is 2.36. The lowest BCUT2D eigenvalue weighted by atomic mass is 10.0. The first kappa shape index (κ1) is 24.1. The molecule has 9 nitrogen and oxygen atoms in total. The number of carbonyl (C=O) groups excluding carboxylic acids is 4. The summed E-state index contributed by atoms with van der Waals surface area (Å²) >= 11 is 6.10. The summed E-state index contributed by atoms with van der Waals surface area (Å²) in [4.78, 5) is 51.7. The number of hydrogen-bond donors (Lipinski definition) is 1. The molecule has 0 radical (unpaired) electrons. The van der Waals surface area contributed by atoms with E-state index in [1.165, 1.54) is 38.5 Å². The van der Waals surface area contributed by atoms with Crippen molar-refractivity contribution in [2.45, 2.75) is 19.9 Å². The molecule has 0 aromatic heterocycles. The second-order valence-electron chi connectivity index (χ2n) is 7.56. The topological polar surface area (TPSA) is 111 Å². The lowest BCUT2D eigenvalue weighted by Gasteiger charge is -2.27. The number of fused-ring (bicyclic) bond motifs is 1. The van der Waals surface area contributed by atoms with Gasteiger partial charge >= 0.3 is 5.97 Å². The zero-order valence-electron chi connectivity index (χ0n) is 18.5. The number of esters is 1. The van der Waals surface area contributed by atoms with Gasteiger partial charge in [0.25, 0.3) is 17.7 Å². The van der Waals surface area contributed by atoms with Crippen LogP contribution in [0.5, 0.6) is 11.5 Å². The van der Waals surface area contributed by atoms with E-state index in [1.807, 2.05) is 0 Å². The highest BCUT2D eigenvalue weighted by Gasteiger charge is 2.44. The zero-order chi connectivity index (χ0) is 24.3. The van der Waals surface area contributed by atoms with E-state index in [4.69, 9.17) is 25.8 Å². The average Bonchev–Trinajstić information content (AvgIpc) is 3.03. The second kappa shape index (κ2) is 9.91. The number of ether oxygens (including phenoxy) is 3. The van der Waals surface area contributed by atoms with Crippen molar-refractivity contribution in [1.29, 1.82) is 0 Å². The van der Waals surface area contributed by atoms with E-state index in [-0.39, 0.29) is 21.8 Å². The van der Waals surface area contributed by atoms with Crippen LogP contribution in [-0.2, 0) is 14.3 Å². The third kappa shape index (κ3) is 4.78. The smallest absolute Gasteiger partial charge is 0.330 e. The molecule has 10 heteroatoms.